The van der Waals surface area contributed by atoms with Crippen molar-refractivity contribution in [1.82, 2.24) is 15.6 Å². The summed E-state index contributed by atoms with van der Waals surface area (Å²) >= 11 is 3.55. The molecule has 110 valence electrons. The number of nitrogens with one attached hydrogen (secondary N) is 2. The van der Waals surface area contributed by atoms with Crippen molar-refractivity contribution in [1.29, 1.82) is 0 Å². The van der Waals surface area contributed by atoms with Crippen LogP contribution in [0, 0.1) is 0 Å². The van der Waals surface area contributed by atoms with E-state index < -0.39 is 0 Å². The molecule has 0 bridgehead atoms. The monoisotopic (exact) mass is 347 g/mol. The summed E-state index contributed by atoms with van der Waals surface area (Å²) in [5, 5.41) is 7.42. The van der Waals surface area contributed by atoms with Crippen molar-refractivity contribution < 1.29 is 4.79 Å². The van der Waals surface area contributed by atoms with Gasteiger partial charge in [0.15, 0.2) is 0 Å². The first-order valence-corrected chi connectivity index (χ1v) is 8.08. The molecule has 0 spiro atoms. The third kappa shape index (κ3) is 3.24. The van der Waals surface area contributed by atoms with Crippen LogP contribution in [0.4, 0.5) is 0 Å². The number of benzene rings is 1. The number of hydrogen-bond acceptors (Lipinski definition) is 3. The van der Waals surface area contributed by atoms with Crippen molar-refractivity contribution in [2.24, 2.45) is 0 Å². The molecular weight excluding hydrogens is 330 g/mol. The molecule has 21 heavy (non-hydrogen) atoms. The van der Waals surface area contributed by atoms with Gasteiger partial charge in [-0.25, -0.2) is 0 Å². The van der Waals surface area contributed by atoms with Gasteiger partial charge in [-0.15, -0.1) is 0 Å². The third-order valence-electron chi connectivity index (χ3n) is 3.87. The average molecular weight is 348 g/mol. The van der Waals surface area contributed by atoms with Crippen LogP contribution in [0.5, 0.6) is 0 Å². The van der Waals surface area contributed by atoms with E-state index in [1.165, 1.54) is 0 Å². The van der Waals surface area contributed by atoms with Crippen LogP contribution >= 0.6 is 15.9 Å². The smallest absolute Gasteiger partial charge is 0.237 e. The number of carbonyl (C=O) groups is 1. The standard InChI is InChI=1S/C16H18BrN3O/c17-13-7-6-11(15-12(13)4-3-9-18-15)10-20-14-5-1-2-8-19-16(14)21/h3-4,6-7,9,14,20H,1-2,5,8,10H2,(H,19,21). The molecule has 2 heterocycles. The molecule has 3 rings (SSSR count). The maximum Gasteiger partial charge on any atom is 0.237 e. The summed E-state index contributed by atoms with van der Waals surface area (Å²) < 4.78 is 1.04. The van der Waals surface area contributed by atoms with Gasteiger partial charge in [0, 0.05) is 29.1 Å². The number of carbonyl (C=O) groups excluding carboxylic acids is 1. The summed E-state index contributed by atoms with van der Waals surface area (Å²) in [6.45, 7) is 1.44. The van der Waals surface area contributed by atoms with Crippen LogP contribution in [0.25, 0.3) is 10.9 Å². The van der Waals surface area contributed by atoms with Gasteiger partial charge in [0.05, 0.1) is 11.6 Å². The van der Waals surface area contributed by atoms with Gasteiger partial charge in [-0.2, -0.15) is 0 Å². The van der Waals surface area contributed by atoms with Crippen molar-refractivity contribution in [3.05, 3.63) is 40.5 Å². The summed E-state index contributed by atoms with van der Waals surface area (Å²) in [7, 11) is 0. The second-order valence-electron chi connectivity index (χ2n) is 5.33. The van der Waals surface area contributed by atoms with Crippen LogP contribution in [0.1, 0.15) is 24.8 Å². The highest BCUT2D eigenvalue weighted by Crippen LogP contribution is 2.25. The Kier molecular flexibility index (Phi) is 4.51. The summed E-state index contributed by atoms with van der Waals surface area (Å²) in [5.74, 6) is 0.113. The van der Waals surface area contributed by atoms with E-state index in [1.807, 2.05) is 18.2 Å². The van der Waals surface area contributed by atoms with E-state index in [-0.39, 0.29) is 11.9 Å². The van der Waals surface area contributed by atoms with E-state index in [0.717, 1.165) is 46.7 Å². The molecule has 1 aromatic carbocycles. The molecular formula is C16H18BrN3O. The molecule has 1 aromatic heterocycles. The Bertz CT molecular complexity index is 659. The Hall–Kier alpha value is -1.46. The lowest BCUT2D eigenvalue weighted by atomic mass is 10.1. The number of nitrogens with zero attached hydrogens (tertiary/aromatic N) is 1. The van der Waals surface area contributed by atoms with Gasteiger partial charge in [0.2, 0.25) is 5.91 Å². The van der Waals surface area contributed by atoms with Gasteiger partial charge in [-0.3, -0.25) is 9.78 Å². The molecule has 1 unspecified atom stereocenters. The highest BCUT2D eigenvalue weighted by molar-refractivity contribution is 9.10. The Morgan fingerprint density at radius 2 is 2.24 bits per heavy atom. The Morgan fingerprint density at radius 1 is 1.33 bits per heavy atom. The van der Waals surface area contributed by atoms with Crippen molar-refractivity contribution in [3.63, 3.8) is 0 Å². The van der Waals surface area contributed by atoms with E-state index in [4.69, 9.17) is 0 Å². The second-order valence-corrected chi connectivity index (χ2v) is 6.18. The number of hydrogen-bond donors (Lipinski definition) is 2. The zero-order chi connectivity index (χ0) is 14.7. The molecule has 1 fully saturated rings. The lowest BCUT2D eigenvalue weighted by Crippen LogP contribution is -2.42. The minimum absolute atomic E-state index is 0.102. The van der Waals surface area contributed by atoms with Gasteiger partial charge in [-0.1, -0.05) is 28.1 Å². The first kappa shape index (κ1) is 14.5. The highest BCUT2D eigenvalue weighted by atomic mass is 79.9. The fourth-order valence-electron chi connectivity index (χ4n) is 2.71. The largest absolute Gasteiger partial charge is 0.355 e. The fourth-order valence-corrected chi connectivity index (χ4v) is 3.16. The quantitative estimate of drug-likeness (QED) is 0.897. The second kappa shape index (κ2) is 6.54. The van der Waals surface area contributed by atoms with Gasteiger partial charge in [0.25, 0.3) is 0 Å². The molecule has 1 aliphatic heterocycles. The van der Waals surface area contributed by atoms with Gasteiger partial charge >= 0.3 is 0 Å². The molecule has 1 amide bonds. The van der Waals surface area contributed by atoms with Crippen molar-refractivity contribution in [2.45, 2.75) is 31.8 Å². The SMILES string of the molecule is O=C1NCCCCC1NCc1ccc(Br)c2cccnc12. The van der Waals surface area contributed by atoms with Crippen LogP contribution in [0.15, 0.2) is 34.9 Å². The first-order valence-electron chi connectivity index (χ1n) is 7.29. The van der Waals surface area contributed by atoms with Crippen molar-refractivity contribution in [3.8, 4) is 0 Å². The molecule has 0 radical (unpaired) electrons. The van der Waals surface area contributed by atoms with Crippen molar-refractivity contribution >= 4 is 32.7 Å². The molecule has 1 aliphatic rings. The fraction of sp³-hybridized carbons (Fsp3) is 0.375. The number of rotatable bonds is 3. The van der Waals surface area contributed by atoms with Crippen LogP contribution in [0.2, 0.25) is 0 Å². The molecule has 0 saturated carbocycles. The average Bonchev–Trinajstić information content (AvgIpc) is 2.72. The van der Waals surface area contributed by atoms with Gasteiger partial charge in [-0.05, 0) is 37.0 Å². The minimum atomic E-state index is -0.102. The molecule has 2 aromatic rings. The molecule has 0 aliphatic carbocycles. The van der Waals surface area contributed by atoms with Gasteiger partial charge < -0.3 is 10.6 Å². The Morgan fingerprint density at radius 3 is 3.14 bits per heavy atom. The van der Waals surface area contributed by atoms with Gasteiger partial charge in [0.1, 0.15) is 0 Å². The normalized spacial score (nSPS) is 19.3. The van der Waals surface area contributed by atoms with Crippen LogP contribution in [-0.4, -0.2) is 23.5 Å². The number of fused-ring (bicyclic) bond motifs is 1. The zero-order valence-electron chi connectivity index (χ0n) is 11.7. The van der Waals surface area contributed by atoms with Crippen LogP contribution in [0.3, 0.4) is 0 Å². The molecule has 5 heteroatoms. The lowest BCUT2D eigenvalue weighted by molar-refractivity contribution is -0.122. The molecule has 1 saturated heterocycles. The van der Waals surface area contributed by atoms with Crippen LogP contribution in [-0.2, 0) is 11.3 Å². The number of aromatic nitrogens is 1. The maximum absolute atomic E-state index is 12.0. The van der Waals surface area contributed by atoms with E-state index in [2.05, 4.69) is 37.6 Å². The van der Waals surface area contributed by atoms with E-state index in [0.29, 0.717) is 6.54 Å². The van der Waals surface area contributed by atoms with E-state index in [1.54, 1.807) is 6.20 Å². The Labute approximate surface area is 132 Å². The third-order valence-corrected chi connectivity index (χ3v) is 4.57. The molecule has 2 N–H and O–H groups in total. The number of amides is 1. The molecule has 4 nitrogen and oxygen atoms in total. The summed E-state index contributed by atoms with van der Waals surface area (Å²) in [6, 6.07) is 7.97. The molecule has 1 atom stereocenters. The summed E-state index contributed by atoms with van der Waals surface area (Å²) in [5.41, 5.74) is 2.10. The van der Waals surface area contributed by atoms with Crippen molar-refractivity contribution in [2.75, 3.05) is 6.54 Å². The Balaban J connectivity index is 1.79. The minimum Gasteiger partial charge on any atom is -0.355 e. The predicted octanol–water partition coefficient (Wildman–Crippen LogP) is 2.76. The number of halogens is 1. The topological polar surface area (TPSA) is 54.0 Å². The maximum atomic E-state index is 12.0. The summed E-state index contributed by atoms with van der Waals surface area (Å²) in [6.07, 6.45) is 4.84. The number of pyridine rings is 1. The van der Waals surface area contributed by atoms with Crippen LogP contribution < -0.4 is 10.6 Å². The summed E-state index contributed by atoms with van der Waals surface area (Å²) in [4.78, 5) is 16.4. The lowest BCUT2D eigenvalue weighted by Gasteiger charge is -2.16. The van der Waals surface area contributed by atoms with E-state index >= 15 is 0 Å². The highest BCUT2D eigenvalue weighted by Gasteiger charge is 2.20. The first-order chi connectivity index (χ1) is 10.3. The zero-order valence-corrected chi connectivity index (χ0v) is 13.3. The van der Waals surface area contributed by atoms with E-state index in [9.17, 15) is 4.79 Å². The predicted molar refractivity (Wildman–Crippen MR) is 86.9 cm³/mol.